The SMILES string of the molecule is Cc1cc(C)c(-c2ccc3c(c2)c2cc(-c4c(C)cc(C)cc4C)ccc2c2nc(-c4cc(-n5c6ccccc6c6ccccc65)cc(-n5c6ccccc6c6ccccc65)c4)cnc32)c(C)c1. The number of para-hydroxylation sites is 4. The maximum Gasteiger partial charge on any atom is 0.0979 e. The van der Waals surface area contributed by atoms with Crippen molar-refractivity contribution in [2.45, 2.75) is 41.5 Å². The van der Waals surface area contributed by atoms with Crippen molar-refractivity contribution < 1.29 is 0 Å². The molecule has 0 radical (unpaired) electrons. The monoisotopic (exact) mass is 872 g/mol. The molecule has 3 heterocycles. The average molecular weight is 873 g/mol. The Morgan fingerprint density at radius 1 is 0.324 bits per heavy atom. The van der Waals surface area contributed by atoms with Crippen molar-refractivity contribution >= 4 is 76.2 Å². The van der Waals surface area contributed by atoms with E-state index in [9.17, 15) is 0 Å². The fourth-order valence-corrected chi connectivity index (χ4v) is 11.8. The Kier molecular flexibility index (Phi) is 8.88. The summed E-state index contributed by atoms with van der Waals surface area (Å²) in [6.45, 7) is 13.3. The lowest BCUT2D eigenvalue weighted by atomic mass is 9.88. The van der Waals surface area contributed by atoms with Gasteiger partial charge in [-0.2, -0.15) is 0 Å². The molecule has 0 aliphatic carbocycles. The fourth-order valence-electron chi connectivity index (χ4n) is 11.8. The molecule has 0 atom stereocenters. The second kappa shape index (κ2) is 15.1. The van der Waals surface area contributed by atoms with Gasteiger partial charge in [-0.25, -0.2) is 4.98 Å². The average Bonchev–Trinajstić information content (AvgIpc) is 3.86. The van der Waals surface area contributed by atoms with Crippen molar-refractivity contribution in [1.82, 2.24) is 19.1 Å². The smallest absolute Gasteiger partial charge is 0.0979 e. The Balaban J connectivity index is 1.10. The summed E-state index contributed by atoms with van der Waals surface area (Å²) in [5.74, 6) is 0. The molecule has 0 N–H and O–H groups in total. The summed E-state index contributed by atoms with van der Waals surface area (Å²) in [6, 6.07) is 65.0. The van der Waals surface area contributed by atoms with Crippen LogP contribution in [0, 0.1) is 41.5 Å². The van der Waals surface area contributed by atoms with Crippen LogP contribution in [0.3, 0.4) is 0 Å². The standard InChI is InChI=1S/C64H48N4/c1-37-27-39(3)61(40(4)28-37)43-23-25-52-54(33-43)55-34-44(62-41(5)29-38(2)30-42(62)6)24-26-53(55)64-63(52)65-36-56(66-64)45-31-46(67-57-19-11-7-15-48(57)49-16-8-12-20-58(49)67)35-47(32-45)68-59-21-13-9-17-50(59)51-18-10-14-22-60(51)68/h7-36H,1-6H3. The predicted octanol–water partition coefficient (Wildman–Crippen LogP) is 17.0. The number of benzene rings is 10. The van der Waals surface area contributed by atoms with Crippen molar-refractivity contribution in [3.05, 3.63) is 216 Å². The van der Waals surface area contributed by atoms with Gasteiger partial charge in [0.1, 0.15) is 0 Å². The molecule has 13 aromatic rings. The molecule has 13 rings (SSSR count). The first-order chi connectivity index (χ1) is 33.2. The molecule has 0 unspecified atom stereocenters. The number of hydrogen-bond acceptors (Lipinski definition) is 2. The molecule has 4 heteroatoms. The van der Waals surface area contributed by atoms with E-state index in [1.54, 1.807) is 0 Å². The minimum absolute atomic E-state index is 0.819. The van der Waals surface area contributed by atoms with Crippen LogP contribution in [0.2, 0.25) is 0 Å². The molecular weight excluding hydrogens is 825 g/mol. The van der Waals surface area contributed by atoms with Crippen LogP contribution in [0.25, 0.3) is 121 Å². The number of fused-ring (bicyclic) bond motifs is 12. The van der Waals surface area contributed by atoms with E-state index < -0.39 is 0 Å². The predicted molar refractivity (Wildman–Crippen MR) is 288 cm³/mol. The molecule has 0 fully saturated rings. The summed E-state index contributed by atoms with van der Waals surface area (Å²) >= 11 is 0. The zero-order valence-corrected chi connectivity index (χ0v) is 39.1. The fraction of sp³-hybridized carbons (Fsp3) is 0.0938. The third-order valence-corrected chi connectivity index (χ3v) is 14.4. The summed E-state index contributed by atoms with van der Waals surface area (Å²) in [5.41, 5.74) is 23.0. The first-order valence-corrected chi connectivity index (χ1v) is 23.6. The Labute approximate surface area is 395 Å². The lowest BCUT2D eigenvalue weighted by molar-refractivity contribution is 1.13. The zero-order valence-electron chi connectivity index (χ0n) is 39.1. The number of aromatic nitrogens is 4. The lowest BCUT2D eigenvalue weighted by Crippen LogP contribution is -2.01. The quantitative estimate of drug-likeness (QED) is 0.162. The minimum atomic E-state index is 0.819. The highest BCUT2D eigenvalue weighted by molar-refractivity contribution is 6.24. The topological polar surface area (TPSA) is 35.6 Å². The van der Waals surface area contributed by atoms with Crippen molar-refractivity contribution in [2.24, 2.45) is 0 Å². The van der Waals surface area contributed by atoms with Crippen molar-refractivity contribution in [3.63, 3.8) is 0 Å². The van der Waals surface area contributed by atoms with E-state index in [-0.39, 0.29) is 0 Å². The van der Waals surface area contributed by atoms with Crippen molar-refractivity contribution in [3.8, 4) is 44.9 Å². The molecule has 0 bridgehead atoms. The molecule has 10 aromatic carbocycles. The summed E-state index contributed by atoms with van der Waals surface area (Å²) in [5, 5.41) is 9.43. The van der Waals surface area contributed by atoms with E-state index in [2.05, 4.69) is 227 Å². The third kappa shape index (κ3) is 6.07. The molecule has 0 amide bonds. The second-order valence-corrected chi connectivity index (χ2v) is 19.0. The van der Waals surface area contributed by atoms with E-state index in [1.165, 1.54) is 88.0 Å². The largest absolute Gasteiger partial charge is 0.309 e. The van der Waals surface area contributed by atoms with Crippen LogP contribution in [0.4, 0.5) is 0 Å². The first kappa shape index (κ1) is 40.0. The first-order valence-electron chi connectivity index (χ1n) is 23.6. The van der Waals surface area contributed by atoms with Crippen LogP contribution in [-0.4, -0.2) is 19.1 Å². The third-order valence-electron chi connectivity index (χ3n) is 14.4. The van der Waals surface area contributed by atoms with Gasteiger partial charge >= 0.3 is 0 Å². The molecule has 0 aliphatic rings. The van der Waals surface area contributed by atoms with Crippen LogP contribution in [0.15, 0.2) is 182 Å². The molecule has 0 saturated carbocycles. The number of rotatable bonds is 5. The highest BCUT2D eigenvalue weighted by atomic mass is 15.0. The highest BCUT2D eigenvalue weighted by Gasteiger charge is 2.21. The zero-order chi connectivity index (χ0) is 45.9. The molecule has 0 saturated heterocycles. The summed E-state index contributed by atoms with van der Waals surface area (Å²) in [7, 11) is 0. The summed E-state index contributed by atoms with van der Waals surface area (Å²) in [6.07, 6.45) is 1.99. The van der Waals surface area contributed by atoms with Gasteiger partial charge in [-0.1, -0.05) is 132 Å². The minimum Gasteiger partial charge on any atom is -0.309 e. The summed E-state index contributed by atoms with van der Waals surface area (Å²) in [4.78, 5) is 11.1. The van der Waals surface area contributed by atoms with E-state index in [0.29, 0.717) is 0 Å². The second-order valence-electron chi connectivity index (χ2n) is 19.0. The van der Waals surface area contributed by atoms with Crippen molar-refractivity contribution in [2.75, 3.05) is 0 Å². The van der Waals surface area contributed by atoms with E-state index >= 15 is 0 Å². The van der Waals surface area contributed by atoms with Gasteiger partial charge < -0.3 is 9.13 Å². The number of aryl methyl sites for hydroxylation is 6. The van der Waals surface area contributed by atoms with Gasteiger partial charge in [0.05, 0.1) is 45.0 Å². The van der Waals surface area contributed by atoms with Crippen LogP contribution in [0.5, 0.6) is 0 Å². The van der Waals surface area contributed by atoms with Crippen LogP contribution >= 0.6 is 0 Å². The van der Waals surface area contributed by atoms with Crippen LogP contribution in [0.1, 0.15) is 33.4 Å². The molecule has 0 aliphatic heterocycles. The van der Waals surface area contributed by atoms with E-state index in [1.807, 2.05) is 6.20 Å². The maximum absolute atomic E-state index is 5.70. The van der Waals surface area contributed by atoms with E-state index in [0.717, 1.165) is 66.5 Å². The Morgan fingerprint density at radius 3 is 1.12 bits per heavy atom. The van der Waals surface area contributed by atoms with Gasteiger partial charge in [-0.05, 0) is 151 Å². The van der Waals surface area contributed by atoms with Crippen molar-refractivity contribution in [1.29, 1.82) is 0 Å². The van der Waals surface area contributed by atoms with Crippen LogP contribution < -0.4 is 0 Å². The molecule has 68 heavy (non-hydrogen) atoms. The molecule has 324 valence electrons. The van der Waals surface area contributed by atoms with Gasteiger partial charge in [0, 0.05) is 49.3 Å². The number of hydrogen-bond donors (Lipinski definition) is 0. The van der Waals surface area contributed by atoms with Crippen LogP contribution in [-0.2, 0) is 0 Å². The normalized spacial score (nSPS) is 12.0. The lowest BCUT2D eigenvalue weighted by Gasteiger charge is -2.17. The van der Waals surface area contributed by atoms with Gasteiger partial charge in [-0.15, -0.1) is 0 Å². The van der Waals surface area contributed by atoms with Gasteiger partial charge in [0.25, 0.3) is 0 Å². The number of nitrogens with zero attached hydrogens (tertiary/aromatic N) is 4. The molecular formula is C64H48N4. The van der Waals surface area contributed by atoms with Gasteiger partial charge in [0.2, 0.25) is 0 Å². The maximum atomic E-state index is 5.70. The van der Waals surface area contributed by atoms with Gasteiger partial charge in [0.15, 0.2) is 0 Å². The Morgan fingerprint density at radius 2 is 0.706 bits per heavy atom. The highest BCUT2D eigenvalue weighted by Crippen LogP contribution is 2.42. The van der Waals surface area contributed by atoms with Gasteiger partial charge in [-0.3, -0.25) is 4.98 Å². The van der Waals surface area contributed by atoms with E-state index in [4.69, 9.17) is 9.97 Å². The molecule has 0 spiro atoms. The Bertz CT molecular complexity index is 3990. The molecule has 3 aromatic heterocycles. The molecule has 4 nitrogen and oxygen atoms in total. The Hall–Kier alpha value is -8.34. The summed E-state index contributed by atoms with van der Waals surface area (Å²) < 4.78 is 4.82.